The second-order valence-corrected chi connectivity index (χ2v) is 5.65. The fraction of sp³-hybridized carbons (Fsp3) is 0.278. The monoisotopic (exact) mass is 392 g/mol. The Balaban J connectivity index is 0.00000261. The predicted octanol–water partition coefficient (Wildman–Crippen LogP) is 2.44. The van der Waals surface area contributed by atoms with Crippen LogP contribution in [0.1, 0.15) is 27.7 Å². The average Bonchev–Trinajstić information content (AvgIpc) is 2.69. The van der Waals surface area contributed by atoms with E-state index < -0.39 is 11.7 Å². The van der Waals surface area contributed by atoms with Gasteiger partial charge in [-0.3, -0.25) is 4.79 Å². The van der Waals surface area contributed by atoms with Crippen molar-refractivity contribution in [3.8, 4) is 11.9 Å². The lowest BCUT2D eigenvalue weighted by Crippen LogP contribution is -2.33. The number of pyridine rings is 1. The van der Waals surface area contributed by atoms with Crippen LogP contribution in [0.15, 0.2) is 30.3 Å². The van der Waals surface area contributed by atoms with Crippen LogP contribution in [0.3, 0.4) is 0 Å². The lowest BCUT2D eigenvalue weighted by atomic mass is 10.1. The van der Waals surface area contributed by atoms with Crippen molar-refractivity contribution in [2.75, 3.05) is 32.1 Å². The highest BCUT2D eigenvalue weighted by atomic mass is 35.5. The molecule has 7 nitrogen and oxygen atoms in total. The van der Waals surface area contributed by atoms with E-state index in [9.17, 15) is 9.18 Å². The molecule has 3 rings (SSSR count). The van der Waals surface area contributed by atoms with Crippen LogP contribution in [-0.4, -0.2) is 37.7 Å². The van der Waals surface area contributed by atoms with Crippen molar-refractivity contribution in [3.05, 3.63) is 53.0 Å². The van der Waals surface area contributed by atoms with Gasteiger partial charge >= 0.3 is 0 Å². The number of anilines is 1. The number of nitrogens with one attached hydrogen (secondary N) is 2. The summed E-state index contributed by atoms with van der Waals surface area (Å²) in [7, 11) is 1.38. The molecule has 2 heterocycles. The Morgan fingerprint density at radius 1 is 1.44 bits per heavy atom. The maximum atomic E-state index is 14.4. The van der Waals surface area contributed by atoms with Crippen LogP contribution in [-0.2, 0) is 4.74 Å². The molecule has 1 fully saturated rings. The Morgan fingerprint density at radius 2 is 2.26 bits per heavy atom. The molecule has 0 aliphatic carbocycles. The molecule has 0 spiro atoms. The van der Waals surface area contributed by atoms with Crippen LogP contribution >= 0.6 is 12.4 Å². The van der Waals surface area contributed by atoms with Gasteiger partial charge in [0.1, 0.15) is 17.6 Å². The highest BCUT2D eigenvalue weighted by molar-refractivity contribution is 6.04. The number of hydrogen-bond donors (Lipinski definition) is 2. The number of nitrogens with zero attached hydrogens (tertiary/aromatic N) is 2. The molecular weight excluding hydrogens is 375 g/mol. The van der Waals surface area contributed by atoms with Crippen molar-refractivity contribution >= 4 is 24.0 Å². The van der Waals surface area contributed by atoms with Gasteiger partial charge in [0.2, 0.25) is 5.88 Å². The van der Waals surface area contributed by atoms with Crippen LogP contribution in [0.2, 0.25) is 0 Å². The molecule has 0 radical (unpaired) electrons. The van der Waals surface area contributed by atoms with Gasteiger partial charge in [-0.1, -0.05) is 6.07 Å². The summed E-state index contributed by atoms with van der Waals surface area (Å²) in [4.78, 5) is 16.3. The predicted molar refractivity (Wildman–Crippen MR) is 98.7 cm³/mol. The molecule has 1 aliphatic rings. The quantitative estimate of drug-likeness (QED) is 0.829. The second-order valence-electron chi connectivity index (χ2n) is 5.65. The first kappa shape index (κ1) is 20.6. The van der Waals surface area contributed by atoms with Crippen molar-refractivity contribution in [2.24, 2.45) is 0 Å². The number of rotatable bonds is 4. The van der Waals surface area contributed by atoms with Crippen molar-refractivity contribution in [1.82, 2.24) is 10.3 Å². The Kier molecular flexibility index (Phi) is 7.07. The van der Waals surface area contributed by atoms with Crippen molar-refractivity contribution in [3.63, 3.8) is 0 Å². The van der Waals surface area contributed by atoms with Gasteiger partial charge in [0, 0.05) is 24.7 Å². The van der Waals surface area contributed by atoms with Gasteiger partial charge in [0.25, 0.3) is 5.91 Å². The molecule has 1 amide bonds. The smallest absolute Gasteiger partial charge is 0.256 e. The summed E-state index contributed by atoms with van der Waals surface area (Å²) in [5, 5.41) is 14.7. The lowest BCUT2D eigenvalue weighted by Gasteiger charge is -2.24. The molecule has 0 saturated carbocycles. The Bertz CT molecular complexity index is 866. The zero-order chi connectivity index (χ0) is 18.5. The number of ether oxygens (including phenoxy) is 2. The number of aromatic nitrogens is 1. The number of carbonyl (C=O) groups is 1. The van der Waals surface area contributed by atoms with E-state index in [4.69, 9.17) is 14.7 Å². The molecule has 2 aromatic rings. The van der Waals surface area contributed by atoms with E-state index in [2.05, 4.69) is 15.6 Å². The Morgan fingerprint density at radius 3 is 2.89 bits per heavy atom. The Hall–Kier alpha value is -2.73. The largest absolute Gasteiger partial charge is 0.481 e. The molecule has 1 aromatic heterocycles. The first-order chi connectivity index (χ1) is 12.6. The number of hydrogen-bond acceptors (Lipinski definition) is 6. The van der Waals surface area contributed by atoms with E-state index in [-0.39, 0.29) is 41.3 Å². The molecule has 1 aliphatic heterocycles. The van der Waals surface area contributed by atoms with Gasteiger partial charge in [-0.05, 0) is 23.8 Å². The first-order valence-electron chi connectivity index (χ1n) is 8.00. The summed E-state index contributed by atoms with van der Waals surface area (Å²) in [5.74, 6) is -0.997. The maximum Gasteiger partial charge on any atom is 0.256 e. The summed E-state index contributed by atoms with van der Waals surface area (Å²) in [5.41, 5.74) is 0.922. The fourth-order valence-electron chi connectivity index (χ4n) is 2.61. The molecule has 142 valence electrons. The third-order valence-electron chi connectivity index (χ3n) is 3.93. The van der Waals surface area contributed by atoms with Crippen LogP contribution in [0.5, 0.6) is 5.88 Å². The van der Waals surface area contributed by atoms with E-state index >= 15 is 0 Å². The minimum atomic E-state index is -0.565. The first-order valence-corrected chi connectivity index (χ1v) is 8.00. The lowest BCUT2D eigenvalue weighted by molar-refractivity contribution is 0.0275. The summed E-state index contributed by atoms with van der Waals surface area (Å²) in [6.45, 7) is 1.95. The van der Waals surface area contributed by atoms with Gasteiger partial charge in [-0.2, -0.15) is 5.26 Å². The number of carbonyl (C=O) groups excluding carboxylic acids is 1. The molecule has 1 unspecified atom stereocenters. The highest BCUT2D eigenvalue weighted by Gasteiger charge is 2.18. The number of amides is 1. The van der Waals surface area contributed by atoms with Crippen molar-refractivity contribution in [2.45, 2.75) is 6.10 Å². The summed E-state index contributed by atoms with van der Waals surface area (Å²) < 4.78 is 25.0. The molecule has 1 aromatic carbocycles. The van der Waals surface area contributed by atoms with E-state index in [1.54, 1.807) is 6.07 Å². The minimum Gasteiger partial charge on any atom is -0.481 e. The van der Waals surface area contributed by atoms with Crippen LogP contribution in [0.25, 0.3) is 0 Å². The molecule has 1 saturated heterocycles. The zero-order valence-corrected chi connectivity index (χ0v) is 15.3. The third kappa shape index (κ3) is 4.92. The number of halogens is 2. The summed E-state index contributed by atoms with van der Waals surface area (Å²) in [6.07, 6.45) is -0.217. The molecule has 2 N–H and O–H groups in total. The minimum absolute atomic E-state index is 0. The van der Waals surface area contributed by atoms with Crippen molar-refractivity contribution in [1.29, 1.82) is 5.26 Å². The molecular formula is C18H18ClFN4O3. The second kappa shape index (κ2) is 9.28. The van der Waals surface area contributed by atoms with Gasteiger partial charge in [-0.25, -0.2) is 9.37 Å². The fourth-order valence-corrected chi connectivity index (χ4v) is 2.61. The van der Waals surface area contributed by atoms with Crippen LogP contribution in [0, 0.1) is 17.1 Å². The van der Waals surface area contributed by atoms with E-state index in [0.29, 0.717) is 18.7 Å². The summed E-state index contributed by atoms with van der Waals surface area (Å²) >= 11 is 0. The molecule has 0 bridgehead atoms. The maximum absolute atomic E-state index is 14.4. The van der Waals surface area contributed by atoms with E-state index in [1.165, 1.54) is 31.4 Å². The van der Waals surface area contributed by atoms with Crippen LogP contribution < -0.4 is 15.4 Å². The topological polar surface area (TPSA) is 96.3 Å². The van der Waals surface area contributed by atoms with Crippen molar-refractivity contribution < 1.29 is 18.7 Å². The zero-order valence-electron chi connectivity index (χ0n) is 14.5. The third-order valence-corrected chi connectivity index (χ3v) is 3.93. The van der Waals surface area contributed by atoms with E-state index in [1.807, 2.05) is 6.07 Å². The number of nitriles is 1. The van der Waals surface area contributed by atoms with Crippen LogP contribution in [0.4, 0.5) is 10.1 Å². The van der Waals surface area contributed by atoms with Gasteiger partial charge in [-0.15, -0.1) is 12.4 Å². The SMILES string of the molecule is COc1cc(C(=O)Nc2ccc(C3CNCCO3)cc2F)cc(C#N)n1.Cl. The molecule has 1 atom stereocenters. The van der Waals surface area contributed by atoms with Gasteiger partial charge < -0.3 is 20.1 Å². The van der Waals surface area contributed by atoms with Gasteiger partial charge in [0.15, 0.2) is 0 Å². The van der Waals surface area contributed by atoms with Gasteiger partial charge in [0.05, 0.1) is 25.5 Å². The number of benzene rings is 1. The molecule has 9 heteroatoms. The number of morpholine rings is 1. The highest BCUT2D eigenvalue weighted by Crippen LogP contribution is 2.24. The van der Waals surface area contributed by atoms with E-state index in [0.717, 1.165) is 6.54 Å². The average molecular weight is 393 g/mol. The Labute approximate surface area is 161 Å². The molecule has 27 heavy (non-hydrogen) atoms. The number of methoxy groups -OCH3 is 1. The summed E-state index contributed by atoms with van der Waals surface area (Å²) in [6, 6.07) is 9.09. The normalized spacial score (nSPS) is 16.0. The standard InChI is InChI=1S/C18H17FN4O3.ClH/c1-25-17-8-12(6-13(9-20)22-17)18(24)23-15-3-2-11(7-14(15)19)16-10-21-4-5-26-16;/h2-3,6-8,16,21H,4-5,10H2,1H3,(H,23,24);1H.